The van der Waals surface area contributed by atoms with E-state index >= 15 is 0 Å². The largest absolute Gasteiger partial charge is 0.316 e. The fourth-order valence-electron chi connectivity index (χ4n) is 5.22. The first-order chi connectivity index (χ1) is 15.0. The molecule has 1 aliphatic rings. The van der Waals surface area contributed by atoms with Crippen molar-refractivity contribution >= 4 is 6.21 Å². The van der Waals surface area contributed by atoms with E-state index in [1.807, 2.05) is 12.1 Å². The van der Waals surface area contributed by atoms with E-state index in [-0.39, 0.29) is 5.82 Å². The molecule has 3 rings (SSSR count). The summed E-state index contributed by atoms with van der Waals surface area (Å²) < 4.78 is 13.1. The fraction of sp³-hybridized carbons (Fsp3) is 0.536. The van der Waals surface area contributed by atoms with E-state index in [0.717, 1.165) is 37.9 Å². The van der Waals surface area contributed by atoms with Gasteiger partial charge in [0.25, 0.3) is 0 Å². The van der Waals surface area contributed by atoms with Gasteiger partial charge in [0, 0.05) is 12.8 Å². The van der Waals surface area contributed by atoms with E-state index in [1.54, 1.807) is 0 Å². The highest BCUT2D eigenvalue weighted by Gasteiger charge is 2.26. The highest BCUT2D eigenvalue weighted by Crippen LogP contribution is 2.36. The zero-order chi connectivity index (χ0) is 22.2. The van der Waals surface area contributed by atoms with Crippen molar-refractivity contribution < 1.29 is 4.39 Å². The molecular formula is C28H39FN2. The van der Waals surface area contributed by atoms with Crippen molar-refractivity contribution in [2.24, 2.45) is 11.8 Å². The first-order valence-corrected chi connectivity index (χ1v) is 12.1. The first kappa shape index (κ1) is 23.7. The zero-order valence-corrected chi connectivity index (χ0v) is 19.5. The van der Waals surface area contributed by atoms with Crippen LogP contribution in [0.15, 0.2) is 36.4 Å². The molecule has 2 N–H and O–H groups in total. The van der Waals surface area contributed by atoms with E-state index in [1.165, 1.54) is 66.3 Å². The number of rotatable bonds is 8. The molecule has 1 unspecified atom stereocenters. The van der Waals surface area contributed by atoms with Crippen LogP contribution in [0.4, 0.5) is 4.39 Å². The minimum absolute atomic E-state index is 0.180. The Hall–Kier alpha value is -2.00. The molecule has 1 aliphatic heterocycles. The van der Waals surface area contributed by atoms with Gasteiger partial charge in [0.15, 0.2) is 0 Å². The van der Waals surface area contributed by atoms with Gasteiger partial charge in [-0.3, -0.25) is 0 Å². The number of aryl methyl sites for hydroxylation is 3. The maximum Gasteiger partial charge on any atom is 0.123 e. The second-order valence-electron chi connectivity index (χ2n) is 9.73. The lowest BCUT2D eigenvalue weighted by molar-refractivity contribution is 0.292. The van der Waals surface area contributed by atoms with Gasteiger partial charge in [0.05, 0.1) is 0 Å². The van der Waals surface area contributed by atoms with Gasteiger partial charge in [0.2, 0.25) is 0 Å². The summed E-state index contributed by atoms with van der Waals surface area (Å²) >= 11 is 0. The van der Waals surface area contributed by atoms with E-state index in [2.05, 4.69) is 38.2 Å². The second-order valence-corrected chi connectivity index (χ2v) is 9.73. The van der Waals surface area contributed by atoms with Gasteiger partial charge in [-0.15, -0.1) is 0 Å². The summed E-state index contributed by atoms with van der Waals surface area (Å²) in [7, 11) is 0. The predicted molar refractivity (Wildman–Crippen MR) is 130 cm³/mol. The molecule has 0 spiro atoms. The highest BCUT2D eigenvalue weighted by molar-refractivity contribution is 5.80. The topological polar surface area (TPSA) is 35.9 Å². The van der Waals surface area contributed by atoms with Crippen molar-refractivity contribution in [3.8, 4) is 0 Å². The monoisotopic (exact) mass is 422 g/mol. The molecule has 31 heavy (non-hydrogen) atoms. The molecule has 1 heterocycles. The van der Waals surface area contributed by atoms with Crippen molar-refractivity contribution in [1.82, 2.24) is 5.32 Å². The Labute approximate surface area is 188 Å². The van der Waals surface area contributed by atoms with Crippen LogP contribution in [-0.2, 0) is 12.8 Å². The second kappa shape index (κ2) is 11.6. The van der Waals surface area contributed by atoms with Crippen LogP contribution in [0.25, 0.3) is 0 Å². The maximum absolute atomic E-state index is 13.1. The Morgan fingerprint density at radius 2 is 1.90 bits per heavy atom. The Bertz CT molecular complexity index is 841. The molecule has 3 heteroatoms. The minimum atomic E-state index is -0.180. The van der Waals surface area contributed by atoms with Crippen LogP contribution < -0.4 is 5.32 Å². The van der Waals surface area contributed by atoms with Crippen molar-refractivity contribution in [2.45, 2.75) is 71.6 Å². The van der Waals surface area contributed by atoms with Gasteiger partial charge in [-0.05, 0) is 116 Å². The molecule has 0 aromatic heterocycles. The lowest BCUT2D eigenvalue weighted by Gasteiger charge is -2.33. The third kappa shape index (κ3) is 6.74. The van der Waals surface area contributed by atoms with Crippen LogP contribution in [0.1, 0.15) is 79.7 Å². The number of nitrogens with one attached hydrogen (secondary N) is 2. The summed E-state index contributed by atoms with van der Waals surface area (Å²) in [5.41, 5.74) is 6.29. The molecular weight excluding hydrogens is 383 g/mol. The average Bonchev–Trinajstić information content (AvgIpc) is 2.72. The average molecular weight is 423 g/mol. The van der Waals surface area contributed by atoms with Gasteiger partial charge in [0.1, 0.15) is 5.82 Å². The summed E-state index contributed by atoms with van der Waals surface area (Å²) in [6.45, 7) is 9.08. The molecule has 0 radical (unpaired) electrons. The van der Waals surface area contributed by atoms with Crippen LogP contribution in [0.5, 0.6) is 0 Å². The van der Waals surface area contributed by atoms with Crippen LogP contribution in [0.3, 0.4) is 0 Å². The summed E-state index contributed by atoms with van der Waals surface area (Å²) in [6.07, 6.45) is 9.57. The summed E-state index contributed by atoms with van der Waals surface area (Å²) in [5, 5.41) is 11.7. The number of hydrogen-bond donors (Lipinski definition) is 2. The van der Waals surface area contributed by atoms with Crippen molar-refractivity contribution in [1.29, 1.82) is 5.41 Å². The molecule has 0 bridgehead atoms. The van der Waals surface area contributed by atoms with Gasteiger partial charge in [-0.2, -0.15) is 0 Å². The number of hydrogen-bond acceptors (Lipinski definition) is 2. The standard InChI is InChI=1S/C28H39FN2/c1-20(2)15-24-8-4-5-14-31-19-28(24)27-17-25(18-30)23(16-21(27)3)9-6-7-22-10-12-26(29)13-11-22/h10-13,16-18,20,24,28,30-31H,4-9,14-15,19H2,1-3H3/t24?,28-/m0/s1. The van der Waals surface area contributed by atoms with Crippen LogP contribution in [0, 0.1) is 30.0 Å². The Balaban J connectivity index is 1.77. The van der Waals surface area contributed by atoms with Crippen molar-refractivity contribution in [2.75, 3.05) is 13.1 Å². The van der Waals surface area contributed by atoms with Gasteiger partial charge >= 0.3 is 0 Å². The SMILES string of the molecule is Cc1cc(CCCc2ccc(F)cc2)c(C=N)cc1[C@H]1CNCCCCC1CC(C)C. The molecule has 2 aromatic rings. The van der Waals surface area contributed by atoms with E-state index in [4.69, 9.17) is 5.41 Å². The maximum atomic E-state index is 13.1. The lowest BCUT2D eigenvalue weighted by Crippen LogP contribution is -2.31. The van der Waals surface area contributed by atoms with E-state index in [9.17, 15) is 4.39 Å². The predicted octanol–water partition coefficient (Wildman–Crippen LogP) is 6.83. The lowest BCUT2D eigenvalue weighted by atomic mass is 9.75. The molecule has 1 saturated heterocycles. The Morgan fingerprint density at radius 1 is 1.13 bits per heavy atom. The summed E-state index contributed by atoms with van der Waals surface area (Å²) in [5.74, 6) is 1.75. The smallest absolute Gasteiger partial charge is 0.123 e. The molecule has 2 atom stereocenters. The highest BCUT2D eigenvalue weighted by atomic mass is 19.1. The van der Waals surface area contributed by atoms with Crippen molar-refractivity contribution in [3.63, 3.8) is 0 Å². The molecule has 0 aliphatic carbocycles. The quantitative estimate of drug-likeness (QED) is 0.450. The summed E-state index contributed by atoms with van der Waals surface area (Å²) in [6, 6.07) is 11.4. The third-order valence-corrected chi connectivity index (χ3v) is 6.79. The first-order valence-electron chi connectivity index (χ1n) is 12.1. The van der Waals surface area contributed by atoms with Gasteiger partial charge in [-0.1, -0.05) is 38.5 Å². The van der Waals surface area contributed by atoms with Crippen LogP contribution in [-0.4, -0.2) is 19.3 Å². The zero-order valence-electron chi connectivity index (χ0n) is 19.5. The molecule has 0 saturated carbocycles. The summed E-state index contributed by atoms with van der Waals surface area (Å²) in [4.78, 5) is 0. The van der Waals surface area contributed by atoms with Crippen molar-refractivity contribution in [3.05, 3.63) is 70.0 Å². The Kier molecular flexibility index (Phi) is 8.83. The third-order valence-electron chi connectivity index (χ3n) is 6.79. The fourth-order valence-corrected chi connectivity index (χ4v) is 5.22. The van der Waals surface area contributed by atoms with Crippen LogP contribution in [0.2, 0.25) is 0 Å². The van der Waals surface area contributed by atoms with E-state index < -0.39 is 0 Å². The Morgan fingerprint density at radius 3 is 2.61 bits per heavy atom. The van der Waals surface area contributed by atoms with Gasteiger partial charge in [-0.25, -0.2) is 4.39 Å². The molecule has 168 valence electrons. The number of halogens is 1. The molecule has 0 amide bonds. The molecule has 2 nitrogen and oxygen atoms in total. The number of benzene rings is 2. The molecule has 2 aromatic carbocycles. The molecule has 1 fully saturated rings. The van der Waals surface area contributed by atoms with Crippen LogP contribution >= 0.6 is 0 Å². The van der Waals surface area contributed by atoms with E-state index in [0.29, 0.717) is 17.8 Å². The minimum Gasteiger partial charge on any atom is -0.316 e. The normalized spacial score (nSPS) is 19.8. The van der Waals surface area contributed by atoms with Gasteiger partial charge < -0.3 is 10.7 Å².